The number of esters is 1. The Kier molecular flexibility index (Phi) is 7.04. The smallest absolute Gasteiger partial charge is 0.306 e. The predicted molar refractivity (Wildman–Crippen MR) is 103 cm³/mol. The molecule has 7 heteroatoms. The number of hydrogen-bond donors (Lipinski definition) is 0. The second kappa shape index (κ2) is 9.69. The maximum absolute atomic E-state index is 12.6. The van der Waals surface area contributed by atoms with Crippen molar-refractivity contribution in [2.75, 3.05) is 57.3 Å². The number of piperidine rings is 1. The van der Waals surface area contributed by atoms with E-state index in [0.717, 1.165) is 52.1 Å². The number of amides is 1. The van der Waals surface area contributed by atoms with E-state index in [1.807, 2.05) is 36.4 Å². The summed E-state index contributed by atoms with van der Waals surface area (Å²) < 4.78 is 5.03. The van der Waals surface area contributed by atoms with Crippen molar-refractivity contribution in [3.05, 3.63) is 24.5 Å². The number of carbonyl (C=O) groups is 2. The Morgan fingerprint density at radius 2 is 1.74 bits per heavy atom. The monoisotopic (exact) mass is 374 g/mol. The number of aromatic nitrogens is 1. The molecular weight excluding hydrogens is 344 g/mol. The molecule has 0 radical (unpaired) electrons. The van der Waals surface area contributed by atoms with Crippen molar-refractivity contribution in [1.29, 1.82) is 0 Å². The van der Waals surface area contributed by atoms with Crippen LogP contribution in [0.2, 0.25) is 0 Å². The van der Waals surface area contributed by atoms with E-state index in [2.05, 4.69) is 14.8 Å². The van der Waals surface area contributed by atoms with Gasteiger partial charge in [-0.25, -0.2) is 0 Å². The highest BCUT2D eigenvalue weighted by atomic mass is 16.5. The molecule has 3 heterocycles. The van der Waals surface area contributed by atoms with Gasteiger partial charge in [-0.15, -0.1) is 0 Å². The predicted octanol–water partition coefficient (Wildman–Crippen LogP) is 1.40. The van der Waals surface area contributed by atoms with Crippen molar-refractivity contribution in [1.82, 2.24) is 14.8 Å². The average molecular weight is 374 g/mol. The summed E-state index contributed by atoms with van der Waals surface area (Å²) in [5.74, 6) is 0.438. The fraction of sp³-hybridized carbons (Fsp3) is 0.650. The van der Waals surface area contributed by atoms with Crippen LogP contribution in [0.15, 0.2) is 24.5 Å². The van der Waals surface area contributed by atoms with Crippen LogP contribution < -0.4 is 4.90 Å². The summed E-state index contributed by atoms with van der Waals surface area (Å²) in [6.07, 6.45) is 5.89. The lowest BCUT2D eigenvalue weighted by Gasteiger charge is -2.37. The lowest BCUT2D eigenvalue weighted by atomic mass is 9.93. The van der Waals surface area contributed by atoms with Crippen LogP contribution in [-0.2, 0) is 14.3 Å². The Balaban J connectivity index is 1.37. The number of rotatable bonds is 6. The van der Waals surface area contributed by atoms with Gasteiger partial charge in [0.1, 0.15) is 0 Å². The SMILES string of the molecule is CCOC(=O)CC1CCN(C(=O)CN2CCN(c3ccncc3)CC2)CC1. The van der Waals surface area contributed by atoms with E-state index in [9.17, 15) is 9.59 Å². The first kappa shape index (κ1) is 19.6. The van der Waals surface area contributed by atoms with Crippen LogP contribution in [-0.4, -0.2) is 79.1 Å². The fourth-order valence-electron chi connectivity index (χ4n) is 3.85. The first-order chi connectivity index (χ1) is 13.2. The summed E-state index contributed by atoms with van der Waals surface area (Å²) in [7, 11) is 0. The molecule has 3 rings (SSSR count). The van der Waals surface area contributed by atoms with Gasteiger partial charge in [0.15, 0.2) is 0 Å². The number of carbonyl (C=O) groups excluding carboxylic acids is 2. The van der Waals surface area contributed by atoms with Crippen molar-refractivity contribution >= 4 is 17.6 Å². The van der Waals surface area contributed by atoms with Gasteiger partial charge in [-0.1, -0.05) is 0 Å². The van der Waals surface area contributed by atoms with Crippen LogP contribution in [0.3, 0.4) is 0 Å². The highest BCUT2D eigenvalue weighted by Gasteiger charge is 2.27. The third-order valence-electron chi connectivity index (χ3n) is 5.49. The molecule has 0 spiro atoms. The molecule has 0 saturated carbocycles. The van der Waals surface area contributed by atoms with Crippen molar-refractivity contribution in [3.63, 3.8) is 0 Å². The molecule has 2 saturated heterocycles. The summed E-state index contributed by atoms with van der Waals surface area (Å²) in [4.78, 5) is 34.8. The Morgan fingerprint density at radius 1 is 1.07 bits per heavy atom. The van der Waals surface area contributed by atoms with Crippen molar-refractivity contribution in [2.24, 2.45) is 5.92 Å². The largest absolute Gasteiger partial charge is 0.466 e. The van der Waals surface area contributed by atoms with Gasteiger partial charge >= 0.3 is 5.97 Å². The Labute approximate surface area is 161 Å². The first-order valence-electron chi connectivity index (χ1n) is 9.96. The number of ether oxygens (including phenoxy) is 1. The minimum absolute atomic E-state index is 0.116. The van der Waals surface area contributed by atoms with E-state index in [1.165, 1.54) is 5.69 Å². The van der Waals surface area contributed by atoms with Crippen molar-refractivity contribution in [2.45, 2.75) is 26.2 Å². The van der Waals surface area contributed by atoms with Crippen LogP contribution in [0, 0.1) is 5.92 Å². The molecule has 0 atom stereocenters. The number of nitrogens with zero attached hydrogens (tertiary/aromatic N) is 4. The molecule has 1 amide bonds. The van der Waals surface area contributed by atoms with Crippen molar-refractivity contribution < 1.29 is 14.3 Å². The highest BCUT2D eigenvalue weighted by Crippen LogP contribution is 2.21. The third-order valence-corrected chi connectivity index (χ3v) is 5.49. The van der Waals surface area contributed by atoms with Crippen LogP contribution in [0.25, 0.3) is 0 Å². The lowest BCUT2D eigenvalue weighted by Crippen LogP contribution is -2.51. The molecule has 148 valence electrons. The molecule has 27 heavy (non-hydrogen) atoms. The Hall–Kier alpha value is -2.15. The van der Waals surface area contributed by atoms with E-state index in [1.54, 1.807) is 0 Å². The van der Waals surface area contributed by atoms with Gasteiger partial charge in [0.25, 0.3) is 0 Å². The molecule has 0 unspecified atom stereocenters. The molecule has 0 aromatic carbocycles. The number of likely N-dealkylation sites (tertiary alicyclic amines) is 1. The quantitative estimate of drug-likeness (QED) is 0.701. The summed E-state index contributed by atoms with van der Waals surface area (Å²) in [6, 6.07) is 4.06. The van der Waals surface area contributed by atoms with E-state index < -0.39 is 0 Å². The van der Waals surface area contributed by atoms with E-state index in [0.29, 0.717) is 25.5 Å². The highest BCUT2D eigenvalue weighted by molar-refractivity contribution is 5.78. The second-order valence-electron chi connectivity index (χ2n) is 7.30. The number of anilines is 1. The zero-order chi connectivity index (χ0) is 19.1. The molecule has 0 bridgehead atoms. The van der Waals surface area contributed by atoms with Gasteiger partial charge in [0, 0.05) is 63.8 Å². The number of piperazine rings is 1. The molecule has 0 aliphatic carbocycles. The molecule has 0 N–H and O–H groups in total. The summed E-state index contributed by atoms with van der Waals surface area (Å²) in [5, 5.41) is 0. The van der Waals surface area contributed by atoms with Gasteiger partial charge in [0.2, 0.25) is 5.91 Å². The van der Waals surface area contributed by atoms with Crippen LogP contribution in [0.5, 0.6) is 0 Å². The summed E-state index contributed by atoms with van der Waals surface area (Å²) >= 11 is 0. The molecule has 7 nitrogen and oxygen atoms in total. The zero-order valence-corrected chi connectivity index (χ0v) is 16.2. The van der Waals surface area contributed by atoms with E-state index in [-0.39, 0.29) is 11.9 Å². The van der Waals surface area contributed by atoms with Gasteiger partial charge in [-0.05, 0) is 37.8 Å². The number of hydrogen-bond acceptors (Lipinski definition) is 6. The van der Waals surface area contributed by atoms with E-state index >= 15 is 0 Å². The lowest BCUT2D eigenvalue weighted by molar-refractivity contribution is -0.144. The maximum atomic E-state index is 12.6. The molecular formula is C20H30N4O3. The Morgan fingerprint density at radius 3 is 2.37 bits per heavy atom. The van der Waals surface area contributed by atoms with Gasteiger partial charge in [0.05, 0.1) is 13.2 Å². The summed E-state index contributed by atoms with van der Waals surface area (Å²) in [6.45, 7) is 7.91. The van der Waals surface area contributed by atoms with Crippen molar-refractivity contribution in [3.8, 4) is 0 Å². The van der Waals surface area contributed by atoms with Crippen LogP contribution in [0.1, 0.15) is 26.2 Å². The van der Waals surface area contributed by atoms with E-state index in [4.69, 9.17) is 4.74 Å². The second-order valence-corrected chi connectivity index (χ2v) is 7.30. The summed E-state index contributed by atoms with van der Waals surface area (Å²) in [5.41, 5.74) is 1.19. The maximum Gasteiger partial charge on any atom is 0.306 e. The first-order valence-corrected chi connectivity index (χ1v) is 9.96. The Bertz CT molecular complexity index is 609. The normalized spacial score (nSPS) is 19.1. The topological polar surface area (TPSA) is 66.0 Å². The van der Waals surface area contributed by atoms with Gasteiger partial charge < -0.3 is 14.5 Å². The number of pyridine rings is 1. The minimum Gasteiger partial charge on any atom is -0.466 e. The standard InChI is InChI=1S/C20H30N4O3/c1-2-27-20(26)15-17-5-9-24(10-6-17)19(25)16-22-11-13-23(14-12-22)18-3-7-21-8-4-18/h3-4,7-8,17H,2,5-6,9-16H2,1H3. The van der Waals surface area contributed by atoms with Gasteiger partial charge in [-0.3, -0.25) is 19.5 Å². The molecule has 2 fully saturated rings. The molecule has 2 aliphatic rings. The molecule has 1 aromatic rings. The molecule has 1 aromatic heterocycles. The average Bonchev–Trinajstić information content (AvgIpc) is 2.70. The minimum atomic E-state index is -0.116. The molecule has 2 aliphatic heterocycles. The van der Waals surface area contributed by atoms with Crippen LogP contribution >= 0.6 is 0 Å². The van der Waals surface area contributed by atoms with Crippen LogP contribution in [0.4, 0.5) is 5.69 Å². The zero-order valence-electron chi connectivity index (χ0n) is 16.2. The third kappa shape index (κ3) is 5.66. The fourth-order valence-corrected chi connectivity index (χ4v) is 3.85. The van der Waals surface area contributed by atoms with Gasteiger partial charge in [-0.2, -0.15) is 0 Å².